The Bertz CT molecular complexity index is 845. The first kappa shape index (κ1) is 19.5. The van der Waals surface area contributed by atoms with Gasteiger partial charge in [0.1, 0.15) is 12.6 Å². The largest absolute Gasteiger partial charge is 0.480 e. The summed E-state index contributed by atoms with van der Waals surface area (Å²) in [6, 6.07) is 15.2. The number of ether oxygens (including phenoxy) is 2. The zero-order chi connectivity index (χ0) is 20.2. The summed E-state index contributed by atoms with van der Waals surface area (Å²) >= 11 is 0. The van der Waals surface area contributed by atoms with Crippen molar-refractivity contribution in [2.75, 3.05) is 19.8 Å². The SMILES string of the molecule is O=C(NC(CC1CCCOC1)C(=O)O)OCC1c2ccccc2-c2ccccc21. The van der Waals surface area contributed by atoms with E-state index in [0.717, 1.165) is 35.1 Å². The molecule has 0 aromatic heterocycles. The topological polar surface area (TPSA) is 84.9 Å². The molecule has 152 valence electrons. The highest BCUT2D eigenvalue weighted by Gasteiger charge is 2.30. The zero-order valence-corrected chi connectivity index (χ0v) is 16.2. The maximum Gasteiger partial charge on any atom is 0.407 e. The van der Waals surface area contributed by atoms with E-state index in [2.05, 4.69) is 17.4 Å². The molecular weight excluding hydrogens is 370 g/mol. The van der Waals surface area contributed by atoms with Crippen LogP contribution in [0.25, 0.3) is 11.1 Å². The number of carbonyl (C=O) groups is 2. The van der Waals surface area contributed by atoms with Gasteiger partial charge in [-0.05, 0) is 47.4 Å². The number of hydrogen-bond donors (Lipinski definition) is 2. The van der Waals surface area contributed by atoms with Crippen LogP contribution in [-0.4, -0.2) is 43.0 Å². The first-order valence-corrected chi connectivity index (χ1v) is 10.1. The van der Waals surface area contributed by atoms with Gasteiger partial charge in [-0.1, -0.05) is 48.5 Å². The number of hydrogen-bond acceptors (Lipinski definition) is 4. The van der Waals surface area contributed by atoms with Gasteiger partial charge in [-0.15, -0.1) is 0 Å². The van der Waals surface area contributed by atoms with Gasteiger partial charge in [-0.3, -0.25) is 0 Å². The molecule has 2 unspecified atom stereocenters. The Balaban J connectivity index is 1.39. The summed E-state index contributed by atoms with van der Waals surface area (Å²) in [6.45, 7) is 1.42. The quantitative estimate of drug-likeness (QED) is 0.777. The third kappa shape index (κ3) is 4.27. The molecule has 6 nitrogen and oxygen atoms in total. The molecule has 1 aliphatic heterocycles. The van der Waals surface area contributed by atoms with Crippen LogP contribution in [0.3, 0.4) is 0 Å². The van der Waals surface area contributed by atoms with Crippen LogP contribution >= 0.6 is 0 Å². The van der Waals surface area contributed by atoms with Crippen molar-refractivity contribution in [3.63, 3.8) is 0 Å². The van der Waals surface area contributed by atoms with Crippen molar-refractivity contribution in [1.82, 2.24) is 5.32 Å². The third-order valence-electron chi connectivity index (χ3n) is 5.76. The van der Waals surface area contributed by atoms with Gasteiger partial charge in [0.2, 0.25) is 0 Å². The molecule has 1 aliphatic carbocycles. The van der Waals surface area contributed by atoms with E-state index in [1.54, 1.807) is 0 Å². The number of carboxylic acids is 1. The average Bonchev–Trinajstić information content (AvgIpc) is 3.06. The summed E-state index contributed by atoms with van der Waals surface area (Å²) < 4.78 is 10.9. The number of carbonyl (C=O) groups excluding carboxylic acids is 1. The van der Waals surface area contributed by atoms with E-state index in [9.17, 15) is 14.7 Å². The number of alkyl carbamates (subject to hydrolysis) is 1. The van der Waals surface area contributed by atoms with E-state index in [1.807, 2.05) is 36.4 Å². The van der Waals surface area contributed by atoms with Crippen LogP contribution in [0.5, 0.6) is 0 Å². The summed E-state index contributed by atoms with van der Waals surface area (Å²) in [4.78, 5) is 23.9. The highest BCUT2D eigenvalue weighted by molar-refractivity contribution is 5.81. The lowest BCUT2D eigenvalue weighted by atomic mass is 9.94. The monoisotopic (exact) mass is 395 g/mol. The second kappa shape index (κ2) is 8.66. The smallest absolute Gasteiger partial charge is 0.407 e. The molecule has 0 spiro atoms. The van der Waals surface area contributed by atoms with Gasteiger partial charge in [0.05, 0.1) is 0 Å². The number of fused-ring (bicyclic) bond motifs is 3. The maximum atomic E-state index is 12.4. The van der Waals surface area contributed by atoms with Gasteiger partial charge in [-0.2, -0.15) is 0 Å². The molecule has 1 amide bonds. The van der Waals surface area contributed by atoms with Crippen LogP contribution in [-0.2, 0) is 14.3 Å². The number of nitrogens with one attached hydrogen (secondary N) is 1. The highest BCUT2D eigenvalue weighted by atomic mass is 16.5. The van der Waals surface area contributed by atoms with E-state index in [0.29, 0.717) is 19.6 Å². The normalized spacial score (nSPS) is 19.1. The molecule has 29 heavy (non-hydrogen) atoms. The van der Waals surface area contributed by atoms with Gasteiger partial charge in [0.15, 0.2) is 0 Å². The minimum atomic E-state index is -1.05. The average molecular weight is 395 g/mol. The molecule has 2 atom stereocenters. The molecule has 0 radical (unpaired) electrons. The van der Waals surface area contributed by atoms with E-state index < -0.39 is 18.1 Å². The lowest BCUT2D eigenvalue weighted by Gasteiger charge is -2.25. The second-order valence-electron chi connectivity index (χ2n) is 7.68. The van der Waals surface area contributed by atoms with Crippen molar-refractivity contribution in [2.45, 2.75) is 31.2 Å². The Morgan fingerprint density at radius 1 is 1.10 bits per heavy atom. The molecular formula is C23H25NO5. The van der Waals surface area contributed by atoms with Gasteiger partial charge in [0.25, 0.3) is 0 Å². The Hall–Kier alpha value is -2.86. The maximum absolute atomic E-state index is 12.4. The molecule has 0 bridgehead atoms. The fourth-order valence-corrected chi connectivity index (χ4v) is 4.33. The van der Waals surface area contributed by atoms with Crippen LogP contribution in [0.1, 0.15) is 36.3 Å². The predicted molar refractivity (Wildman–Crippen MR) is 108 cm³/mol. The molecule has 2 aliphatic rings. The van der Waals surface area contributed by atoms with Crippen molar-refractivity contribution < 1.29 is 24.2 Å². The van der Waals surface area contributed by atoms with E-state index >= 15 is 0 Å². The van der Waals surface area contributed by atoms with Gasteiger partial charge < -0.3 is 19.9 Å². The Kier molecular flexibility index (Phi) is 5.81. The van der Waals surface area contributed by atoms with Crippen molar-refractivity contribution in [1.29, 1.82) is 0 Å². The number of carboxylic acid groups (broad SMARTS) is 1. The summed E-state index contributed by atoms with van der Waals surface area (Å²) in [7, 11) is 0. The van der Waals surface area contributed by atoms with Crippen molar-refractivity contribution in [3.05, 3.63) is 59.7 Å². The number of rotatable bonds is 6. The van der Waals surface area contributed by atoms with Crippen LogP contribution in [0.4, 0.5) is 4.79 Å². The standard InChI is InChI=1S/C23H25NO5/c25-22(26)21(12-15-6-5-11-28-13-15)24-23(27)29-14-20-18-9-3-1-7-16(18)17-8-2-4-10-19(17)20/h1-4,7-10,15,20-21H,5-6,11-14H2,(H,24,27)(H,25,26). The molecule has 4 rings (SSSR count). The Morgan fingerprint density at radius 2 is 1.76 bits per heavy atom. The summed E-state index contributed by atoms with van der Waals surface area (Å²) in [5.74, 6) is -0.967. The summed E-state index contributed by atoms with van der Waals surface area (Å²) in [5.41, 5.74) is 4.54. The molecule has 1 fully saturated rings. The van der Waals surface area contributed by atoms with Crippen molar-refractivity contribution >= 4 is 12.1 Å². The number of benzene rings is 2. The van der Waals surface area contributed by atoms with Crippen LogP contribution in [0.15, 0.2) is 48.5 Å². The van der Waals surface area contributed by atoms with Gasteiger partial charge in [-0.25, -0.2) is 9.59 Å². The fourth-order valence-electron chi connectivity index (χ4n) is 4.33. The minimum Gasteiger partial charge on any atom is -0.480 e. The molecule has 1 saturated heterocycles. The first-order valence-electron chi connectivity index (χ1n) is 10.1. The van der Waals surface area contributed by atoms with Crippen LogP contribution < -0.4 is 5.32 Å². The molecule has 2 N–H and O–H groups in total. The van der Waals surface area contributed by atoms with Crippen LogP contribution in [0, 0.1) is 5.92 Å². The van der Waals surface area contributed by atoms with Gasteiger partial charge in [0, 0.05) is 19.1 Å². The van der Waals surface area contributed by atoms with Crippen molar-refractivity contribution in [3.8, 4) is 11.1 Å². The minimum absolute atomic E-state index is 0.0526. The first-order chi connectivity index (χ1) is 14.1. The lowest BCUT2D eigenvalue weighted by Crippen LogP contribution is -2.43. The van der Waals surface area contributed by atoms with E-state index in [4.69, 9.17) is 9.47 Å². The summed E-state index contributed by atoms with van der Waals surface area (Å²) in [6.07, 6.45) is 1.48. The van der Waals surface area contributed by atoms with E-state index in [1.165, 1.54) is 0 Å². The lowest BCUT2D eigenvalue weighted by molar-refractivity contribution is -0.140. The number of aliphatic carboxylic acids is 1. The second-order valence-corrected chi connectivity index (χ2v) is 7.68. The molecule has 6 heteroatoms. The Labute approximate surface area is 169 Å². The molecule has 2 aromatic rings. The highest BCUT2D eigenvalue weighted by Crippen LogP contribution is 2.44. The van der Waals surface area contributed by atoms with E-state index in [-0.39, 0.29) is 18.4 Å². The van der Waals surface area contributed by atoms with Crippen molar-refractivity contribution in [2.24, 2.45) is 5.92 Å². The third-order valence-corrected chi connectivity index (χ3v) is 5.76. The summed E-state index contributed by atoms with van der Waals surface area (Å²) in [5, 5.41) is 12.0. The zero-order valence-electron chi connectivity index (χ0n) is 16.2. The van der Waals surface area contributed by atoms with Gasteiger partial charge >= 0.3 is 12.1 Å². The fraction of sp³-hybridized carbons (Fsp3) is 0.391. The Morgan fingerprint density at radius 3 is 2.34 bits per heavy atom. The van der Waals surface area contributed by atoms with Crippen LogP contribution in [0.2, 0.25) is 0 Å². The number of amides is 1. The molecule has 1 heterocycles. The predicted octanol–water partition coefficient (Wildman–Crippen LogP) is 3.80. The molecule has 0 saturated carbocycles. The molecule has 2 aromatic carbocycles.